The summed E-state index contributed by atoms with van der Waals surface area (Å²) in [4.78, 5) is 20.1. The maximum atomic E-state index is 12.8. The third-order valence-electron chi connectivity index (χ3n) is 3.10. The Kier molecular flexibility index (Phi) is 6.43. The quantitative estimate of drug-likeness (QED) is 0.728. The lowest BCUT2D eigenvalue weighted by Crippen LogP contribution is -2.24. The molecule has 2 N–H and O–H groups in total. The molecule has 1 aromatic carbocycles. The van der Waals surface area contributed by atoms with Crippen molar-refractivity contribution in [3.8, 4) is 0 Å². The molecule has 2 aromatic rings. The van der Waals surface area contributed by atoms with Gasteiger partial charge in [0, 0.05) is 32.9 Å². The van der Waals surface area contributed by atoms with E-state index in [4.69, 9.17) is 4.74 Å². The van der Waals surface area contributed by atoms with Crippen molar-refractivity contribution in [2.24, 2.45) is 0 Å². The number of aromatic nitrogens is 2. The monoisotopic (exact) mass is 318 g/mol. The number of anilines is 1. The molecule has 2 rings (SSSR count). The van der Waals surface area contributed by atoms with E-state index in [2.05, 4.69) is 20.6 Å². The summed E-state index contributed by atoms with van der Waals surface area (Å²) >= 11 is 0. The molecule has 0 fully saturated rings. The van der Waals surface area contributed by atoms with Gasteiger partial charge in [0.05, 0.1) is 0 Å². The zero-order valence-electron chi connectivity index (χ0n) is 12.9. The predicted octanol–water partition coefficient (Wildman–Crippen LogP) is 1.99. The second-order valence-corrected chi connectivity index (χ2v) is 4.87. The Labute approximate surface area is 134 Å². The van der Waals surface area contributed by atoms with Crippen LogP contribution in [0.2, 0.25) is 0 Å². The molecule has 1 heterocycles. The van der Waals surface area contributed by atoms with Crippen LogP contribution in [0.5, 0.6) is 0 Å². The van der Waals surface area contributed by atoms with Gasteiger partial charge in [-0.2, -0.15) is 0 Å². The largest absolute Gasteiger partial charge is 0.385 e. The molecule has 0 saturated heterocycles. The lowest BCUT2D eigenvalue weighted by atomic mass is 10.2. The summed E-state index contributed by atoms with van der Waals surface area (Å²) in [5, 5.41) is 5.84. The summed E-state index contributed by atoms with van der Waals surface area (Å²) in [6, 6.07) is 7.55. The Morgan fingerprint density at radius 3 is 2.78 bits per heavy atom. The van der Waals surface area contributed by atoms with Crippen LogP contribution in [0.4, 0.5) is 10.2 Å². The normalized spacial score (nSPS) is 10.3. The second-order valence-electron chi connectivity index (χ2n) is 4.87. The van der Waals surface area contributed by atoms with Crippen molar-refractivity contribution >= 4 is 11.7 Å². The molecule has 0 aliphatic heterocycles. The highest BCUT2D eigenvalue weighted by Crippen LogP contribution is 2.06. The van der Waals surface area contributed by atoms with E-state index in [9.17, 15) is 9.18 Å². The molecule has 122 valence electrons. The number of benzene rings is 1. The van der Waals surface area contributed by atoms with Gasteiger partial charge < -0.3 is 15.4 Å². The van der Waals surface area contributed by atoms with E-state index in [1.54, 1.807) is 25.3 Å². The molecule has 0 aliphatic rings. The molecule has 0 saturated carbocycles. The van der Waals surface area contributed by atoms with Crippen LogP contribution < -0.4 is 10.6 Å². The maximum absolute atomic E-state index is 12.8. The van der Waals surface area contributed by atoms with E-state index in [0.29, 0.717) is 25.5 Å². The van der Waals surface area contributed by atoms with E-state index < -0.39 is 0 Å². The number of carbonyl (C=O) groups is 1. The van der Waals surface area contributed by atoms with Crippen molar-refractivity contribution in [2.45, 2.75) is 13.0 Å². The van der Waals surface area contributed by atoms with Crippen molar-refractivity contribution in [2.75, 3.05) is 25.6 Å². The smallest absolute Gasteiger partial charge is 0.270 e. The number of amides is 1. The first kappa shape index (κ1) is 16.8. The van der Waals surface area contributed by atoms with Gasteiger partial charge in [-0.05, 0) is 24.1 Å². The first-order valence-electron chi connectivity index (χ1n) is 7.26. The highest BCUT2D eigenvalue weighted by molar-refractivity contribution is 5.92. The fourth-order valence-electron chi connectivity index (χ4n) is 1.89. The zero-order chi connectivity index (χ0) is 16.5. The van der Waals surface area contributed by atoms with Crippen LogP contribution in [0.15, 0.2) is 36.7 Å². The first-order valence-corrected chi connectivity index (χ1v) is 7.26. The van der Waals surface area contributed by atoms with E-state index >= 15 is 0 Å². The minimum absolute atomic E-state index is 0.274. The number of ether oxygens (including phenoxy) is 1. The van der Waals surface area contributed by atoms with Crippen LogP contribution in [-0.2, 0) is 11.3 Å². The molecule has 0 aliphatic carbocycles. The standard InChI is InChI=1S/C16H19FN4O2/c1-23-8-2-7-18-15-9-14(20-11-21-15)16(22)19-10-12-3-5-13(17)6-4-12/h3-6,9,11H,2,7-8,10H2,1H3,(H,19,22)(H,18,20,21). The number of hydrogen-bond acceptors (Lipinski definition) is 5. The molecule has 0 unspecified atom stereocenters. The molecular formula is C16H19FN4O2. The minimum Gasteiger partial charge on any atom is -0.385 e. The number of nitrogens with zero attached hydrogens (tertiary/aromatic N) is 2. The number of halogens is 1. The highest BCUT2D eigenvalue weighted by atomic mass is 19.1. The number of methoxy groups -OCH3 is 1. The van der Waals surface area contributed by atoms with Crippen molar-refractivity contribution in [3.05, 3.63) is 53.7 Å². The van der Waals surface area contributed by atoms with Crippen molar-refractivity contribution in [1.29, 1.82) is 0 Å². The summed E-state index contributed by atoms with van der Waals surface area (Å²) in [6.45, 7) is 1.66. The number of rotatable bonds is 8. The Hall–Kier alpha value is -2.54. The van der Waals surface area contributed by atoms with Crippen LogP contribution in [-0.4, -0.2) is 36.1 Å². The van der Waals surface area contributed by atoms with Gasteiger partial charge in [0.1, 0.15) is 23.7 Å². The van der Waals surface area contributed by atoms with Crippen molar-refractivity contribution in [3.63, 3.8) is 0 Å². The molecule has 6 nitrogen and oxygen atoms in total. The van der Waals surface area contributed by atoms with E-state index in [1.807, 2.05) is 0 Å². The summed E-state index contributed by atoms with van der Waals surface area (Å²) in [5.74, 6) is -0.0280. The van der Waals surface area contributed by atoms with Gasteiger partial charge in [-0.15, -0.1) is 0 Å². The van der Waals surface area contributed by atoms with E-state index in [-0.39, 0.29) is 17.4 Å². The topological polar surface area (TPSA) is 76.1 Å². The van der Waals surface area contributed by atoms with Gasteiger partial charge in [0.25, 0.3) is 5.91 Å². The molecular weight excluding hydrogens is 299 g/mol. The third-order valence-corrected chi connectivity index (χ3v) is 3.10. The molecule has 0 atom stereocenters. The zero-order valence-corrected chi connectivity index (χ0v) is 12.9. The minimum atomic E-state index is -0.309. The SMILES string of the molecule is COCCCNc1cc(C(=O)NCc2ccc(F)cc2)ncn1. The highest BCUT2D eigenvalue weighted by Gasteiger charge is 2.08. The van der Waals surface area contributed by atoms with Gasteiger partial charge in [0.2, 0.25) is 0 Å². The average Bonchev–Trinajstić information content (AvgIpc) is 2.58. The van der Waals surface area contributed by atoms with E-state index in [0.717, 1.165) is 12.0 Å². The number of hydrogen-bond donors (Lipinski definition) is 2. The van der Waals surface area contributed by atoms with Gasteiger partial charge >= 0.3 is 0 Å². The fraction of sp³-hybridized carbons (Fsp3) is 0.312. The van der Waals surface area contributed by atoms with Gasteiger partial charge in [-0.25, -0.2) is 14.4 Å². The van der Waals surface area contributed by atoms with E-state index in [1.165, 1.54) is 18.5 Å². The summed E-state index contributed by atoms with van der Waals surface area (Å²) in [5.41, 5.74) is 1.09. The van der Waals surface area contributed by atoms with Gasteiger partial charge in [-0.3, -0.25) is 4.79 Å². The molecule has 1 aromatic heterocycles. The molecule has 0 spiro atoms. The van der Waals surface area contributed by atoms with Crippen LogP contribution in [0.3, 0.4) is 0 Å². The Balaban J connectivity index is 1.87. The third kappa shape index (κ3) is 5.63. The molecule has 0 bridgehead atoms. The van der Waals surface area contributed by atoms with Crippen molar-refractivity contribution in [1.82, 2.24) is 15.3 Å². The van der Waals surface area contributed by atoms with Gasteiger partial charge in [0.15, 0.2) is 0 Å². The lowest BCUT2D eigenvalue weighted by Gasteiger charge is -2.07. The predicted molar refractivity (Wildman–Crippen MR) is 84.6 cm³/mol. The number of nitrogens with one attached hydrogen (secondary N) is 2. The van der Waals surface area contributed by atoms with Gasteiger partial charge in [-0.1, -0.05) is 12.1 Å². The fourth-order valence-corrected chi connectivity index (χ4v) is 1.89. The summed E-state index contributed by atoms with van der Waals surface area (Å²) in [6.07, 6.45) is 2.18. The van der Waals surface area contributed by atoms with Crippen LogP contribution in [0.1, 0.15) is 22.5 Å². The number of carbonyl (C=O) groups excluding carboxylic acids is 1. The van der Waals surface area contributed by atoms with Crippen molar-refractivity contribution < 1.29 is 13.9 Å². The Morgan fingerprint density at radius 2 is 2.04 bits per heavy atom. The lowest BCUT2D eigenvalue weighted by molar-refractivity contribution is 0.0946. The summed E-state index contributed by atoms with van der Waals surface area (Å²) < 4.78 is 17.8. The molecule has 23 heavy (non-hydrogen) atoms. The second kappa shape index (κ2) is 8.79. The van der Waals surface area contributed by atoms with Crippen LogP contribution in [0.25, 0.3) is 0 Å². The molecule has 7 heteroatoms. The summed E-state index contributed by atoms with van der Waals surface area (Å²) in [7, 11) is 1.65. The Morgan fingerprint density at radius 1 is 1.26 bits per heavy atom. The first-order chi connectivity index (χ1) is 11.2. The maximum Gasteiger partial charge on any atom is 0.270 e. The Bertz CT molecular complexity index is 634. The van der Waals surface area contributed by atoms with Crippen LogP contribution >= 0.6 is 0 Å². The average molecular weight is 318 g/mol. The molecule has 1 amide bonds. The van der Waals surface area contributed by atoms with Crippen LogP contribution in [0, 0.1) is 5.82 Å². The molecule has 0 radical (unpaired) electrons.